The van der Waals surface area contributed by atoms with Gasteiger partial charge in [0.1, 0.15) is 12.4 Å². The first kappa shape index (κ1) is 17.9. The second-order valence-corrected chi connectivity index (χ2v) is 5.30. The van der Waals surface area contributed by atoms with Crippen molar-refractivity contribution >= 4 is 21.9 Å². The van der Waals surface area contributed by atoms with Crippen LogP contribution in [-0.4, -0.2) is 57.4 Å². The molecule has 0 aromatic heterocycles. The smallest absolute Gasteiger partial charge is 0.320 e. The lowest BCUT2D eigenvalue weighted by Gasteiger charge is -2.21. The Morgan fingerprint density at radius 3 is 2.71 bits per heavy atom. The standard InChI is InChI=1S/C15H22BrNO4/c1-3-20-15(18)12-17(7-9-19-2)8-10-21-14-6-4-5-13(16)11-14/h4-6,11H,3,7-10,12H2,1-2H3. The van der Waals surface area contributed by atoms with E-state index in [-0.39, 0.29) is 12.5 Å². The van der Waals surface area contributed by atoms with Gasteiger partial charge in [0.2, 0.25) is 0 Å². The number of hydrogen-bond donors (Lipinski definition) is 0. The molecule has 21 heavy (non-hydrogen) atoms. The van der Waals surface area contributed by atoms with Gasteiger partial charge < -0.3 is 14.2 Å². The molecular formula is C15H22BrNO4. The molecule has 0 heterocycles. The number of hydrogen-bond acceptors (Lipinski definition) is 5. The van der Waals surface area contributed by atoms with E-state index in [1.165, 1.54) is 0 Å². The summed E-state index contributed by atoms with van der Waals surface area (Å²) in [5, 5.41) is 0. The van der Waals surface area contributed by atoms with E-state index in [0.29, 0.717) is 32.9 Å². The Bertz CT molecular complexity index is 428. The molecule has 0 atom stereocenters. The quantitative estimate of drug-likeness (QED) is 0.600. The highest BCUT2D eigenvalue weighted by atomic mass is 79.9. The SMILES string of the molecule is CCOC(=O)CN(CCOC)CCOc1cccc(Br)c1. The molecule has 0 aliphatic carbocycles. The number of rotatable bonds is 10. The maximum absolute atomic E-state index is 11.5. The van der Waals surface area contributed by atoms with Crippen LogP contribution in [0.5, 0.6) is 5.75 Å². The lowest BCUT2D eigenvalue weighted by Crippen LogP contribution is -2.36. The predicted octanol–water partition coefficient (Wildman–Crippen LogP) is 2.34. The molecular weight excluding hydrogens is 338 g/mol. The van der Waals surface area contributed by atoms with Gasteiger partial charge in [-0.3, -0.25) is 9.69 Å². The molecule has 0 aliphatic heterocycles. The fourth-order valence-electron chi connectivity index (χ4n) is 1.73. The fourth-order valence-corrected chi connectivity index (χ4v) is 2.11. The number of benzene rings is 1. The molecule has 6 heteroatoms. The Morgan fingerprint density at radius 1 is 1.29 bits per heavy atom. The number of esters is 1. The van der Waals surface area contributed by atoms with Crippen LogP contribution in [0.15, 0.2) is 28.7 Å². The van der Waals surface area contributed by atoms with Crippen LogP contribution < -0.4 is 4.74 Å². The van der Waals surface area contributed by atoms with Gasteiger partial charge in [0.25, 0.3) is 0 Å². The normalized spacial score (nSPS) is 10.7. The molecule has 0 fully saturated rings. The van der Waals surface area contributed by atoms with Crippen LogP contribution in [0.4, 0.5) is 0 Å². The van der Waals surface area contributed by atoms with Crippen LogP contribution in [0, 0.1) is 0 Å². The highest BCUT2D eigenvalue weighted by Gasteiger charge is 2.11. The van der Waals surface area contributed by atoms with E-state index in [1.807, 2.05) is 29.2 Å². The molecule has 0 unspecified atom stereocenters. The third-order valence-corrected chi connectivity index (χ3v) is 3.24. The summed E-state index contributed by atoms with van der Waals surface area (Å²) in [5.74, 6) is 0.572. The number of carbonyl (C=O) groups is 1. The summed E-state index contributed by atoms with van der Waals surface area (Å²) in [4.78, 5) is 13.5. The first-order valence-corrected chi connectivity index (χ1v) is 7.70. The predicted molar refractivity (Wildman–Crippen MR) is 84.6 cm³/mol. The zero-order valence-electron chi connectivity index (χ0n) is 12.5. The van der Waals surface area contributed by atoms with Crippen molar-refractivity contribution in [2.75, 3.05) is 46.6 Å². The van der Waals surface area contributed by atoms with Crippen LogP contribution >= 0.6 is 15.9 Å². The first-order chi connectivity index (χ1) is 10.2. The minimum absolute atomic E-state index is 0.226. The number of ether oxygens (including phenoxy) is 3. The second-order valence-electron chi connectivity index (χ2n) is 4.38. The number of halogens is 1. The van der Waals surface area contributed by atoms with Crippen LogP contribution in [0.2, 0.25) is 0 Å². The van der Waals surface area contributed by atoms with Crippen molar-refractivity contribution in [3.63, 3.8) is 0 Å². The zero-order chi connectivity index (χ0) is 15.5. The second kappa shape index (κ2) is 10.6. The Morgan fingerprint density at radius 2 is 2.05 bits per heavy atom. The number of carbonyl (C=O) groups excluding carboxylic acids is 1. The van der Waals surface area contributed by atoms with Gasteiger partial charge in [-0.25, -0.2) is 0 Å². The lowest BCUT2D eigenvalue weighted by atomic mass is 10.3. The highest BCUT2D eigenvalue weighted by Crippen LogP contribution is 2.17. The monoisotopic (exact) mass is 359 g/mol. The summed E-state index contributed by atoms with van der Waals surface area (Å²) >= 11 is 3.40. The van der Waals surface area contributed by atoms with Crippen molar-refractivity contribution in [1.29, 1.82) is 0 Å². The van der Waals surface area contributed by atoms with Crippen molar-refractivity contribution in [2.45, 2.75) is 6.92 Å². The fraction of sp³-hybridized carbons (Fsp3) is 0.533. The summed E-state index contributed by atoms with van der Waals surface area (Å²) in [5.41, 5.74) is 0. The van der Waals surface area contributed by atoms with E-state index in [2.05, 4.69) is 15.9 Å². The molecule has 0 spiro atoms. The van der Waals surface area contributed by atoms with Gasteiger partial charge in [-0.2, -0.15) is 0 Å². The van der Waals surface area contributed by atoms with Gasteiger partial charge in [0.05, 0.1) is 19.8 Å². The summed E-state index contributed by atoms with van der Waals surface area (Å²) < 4.78 is 16.7. The summed E-state index contributed by atoms with van der Waals surface area (Å²) in [6, 6.07) is 7.67. The van der Waals surface area contributed by atoms with Crippen LogP contribution in [0.3, 0.4) is 0 Å². The molecule has 0 N–H and O–H groups in total. The van der Waals surface area contributed by atoms with Gasteiger partial charge in [-0.1, -0.05) is 22.0 Å². The summed E-state index contributed by atoms with van der Waals surface area (Å²) in [6.45, 7) is 4.81. The maximum Gasteiger partial charge on any atom is 0.320 e. The first-order valence-electron chi connectivity index (χ1n) is 6.91. The zero-order valence-corrected chi connectivity index (χ0v) is 14.1. The molecule has 5 nitrogen and oxygen atoms in total. The third-order valence-electron chi connectivity index (χ3n) is 2.74. The Hall–Kier alpha value is -1.11. The summed E-state index contributed by atoms with van der Waals surface area (Å²) in [7, 11) is 1.64. The van der Waals surface area contributed by atoms with Crippen molar-refractivity contribution in [1.82, 2.24) is 4.90 Å². The largest absolute Gasteiger partial charge is 0.492 e. The molecule has 0 aliphatic rings. The third kappa shape index (κ3) is 8.04. The van der Waals surface area contributed by atoms with E-state index < -0.39 is 0 Å². The number of nitrogens with zero attached hydrogens (tertiary/aromatic N) is 1. The van der Waals surface area contributed by atoms with Crippen molar-refractivity contribution in [3.05, 3.63) is 28.7 Å². The van der Waals surface area contributed by atoms with Gasteiger partial charge in [-0.15, -0.1) is 0 Å². The van der Waals surface area contributed by atoms with E-state index in [0.717, 1.165) is 10.2 Å². The van der Waals surface area contributed by atoms with Gasteiger partial charge in [0, 0.05) is 24.7 Å². The van der Waals surface area contributed by atoms with E-state index in [1.54, 1.807) is 14.0 Å². The lowest BCUT2D eigenvalue weighted by molar-refractivity contribution is -0.144. The van der Waals surface area contributed by atoms with Crippen LogP contribution in [0.1, 0.15) is 6.92 Å². The number of methoxy groups -OCH3 is 1. The van der Waals surface area contributed by atoms with Crippen molar-refractivity contribution in [3.8, 4) is 5.75 Å². The van der Waals surface area contributed by atoms with E-state index in [4.69, 9.17) is 14.2 Å². The molecule has 0 radical (unpaired) electrons. The van der Waals surface area contributed by atoms with Gasteiger partial charge in [0.15, 0.2) is 0 Å². The maximum atomic E-state index is 11.5. The van der Waals surface area contributed by atoms with Gasteiger partial charge >= 0.3 is 5.97 Å². The van der Waals surface area contributed by atoms with Crippen LogP contribution in [-0.2, 0) is 14.3 Å². The Labute approximate surface area is 134 Å². The molecule has 1 aromatic carbocycles. The van der Waals surface area contributed by atoms with Gasteiger partial charge in [-0.05, 0) is 25.1 Å². The van der Waals surface area contributed by atoms with E-state index >= 15 is 0 Å². The van der Waals surface area contributed by atoms with Crippen molar-refractivity contribution < 1.29 is 19.0 Å². The van der Waals surface area contributed by atoms with Crippen LogP contribution in [0.25, 0.3) is 0 Å². The molecule has 0 saturated heterocycles. The van der Waals surface area contributed by atoms with Crippen molar-refractivity contribution in [2.24, 2.45) is 0 Å². The highest BCUT2D eigenvalue weighted by molar-refractivity contribution is 9.10. The molecule has 1 rings (SSSR count). The minimum Gasteiger partial charge on any atom is -0.492 e. The topological polar surface area (TPSA) is 48.0 Å². The molecule has 0 saturated carbocycles. The molecule has 0 amide bonds. The molecule has 118 valence electrons. The average molecular weight is 360 g/mol. The Kier molecular flexibility index (Phi) is 9.05. The summed E-state index contributed by atoms with van der Waals surface area (Å²) in [6.07, 6.45) is 0. The molecule has 0 bridgehead atoms. The molecule has 1 aromatic rings. The minimum atomic E-state index is -0.226. The average Bonchev–Trinajstić information content (AvgIpc) is 2.45. The Balaban J connectivity index is 2.39. The van der Waals surface area contributed by atoms with E-state index in [9.17, 15) is 4.79 Å².